The number of aromatic nitrogens is 2. The molecule has 0 aliphatic heterocycles. The predicted octanol–water partition coefficient (Wildman–Crippen LogP) is 12.3. The summed E-state index contributed by atoms with van der Waals surface area (Å²) in [6.45, 7) is 4.71. The molecule has 1 aromatic heterocycles. The molecule has 7 aromatic carbocycles. The molecular formula is C47H34N2. The van der Waals surface area contributed by atoms with Crippen molar-refractivity contribution < 1.29 is 0 Å². The second-order valence-electron chi connectivity index (χ2n) is 13.4. The van der Waals surface area contributed by atoms with Crippen LogP contribution in [0.1, 0.15) is 25.0 Å². The summed E-state index contributed by atoms with van der Waals surface area (Å²) in [5.41, 5.74) is 15.0. The molecule has 9 rings (SSSR count). The number of hydrogen-bond donors (Lipinski definition) is 0. The fourth-order valence-corrected chi connectivity index (χ4v) is 7.58. The second-order valence-corrected chi connectivity index (χ2v) is 13.4. The summed E-state index contributed by atoms with van der Waals surface area (Å²) in [6.07, 6.45) is 0. The van der Waals surface area contributed by atoms with Crippen molar-refractivity contribution >= 4 is 10.8 Å². The van der Waals surface area contributed by atoms with E-state index in [0.717, 1.165) is 39.2 Å². The molecule has 0 saturated carbocycles. The number of benzene rings is 7. The van der Waals surface area contributed by atoms with E-state index in [1.54, 1.807) is 0 Å². The van der Waals surface area contributed by atoms with Crippen LogP contribution >= 0.6 is 0 Å². The third-order valence-electron chi connectivity index (χ3n) is 10.1. The minimum absolute atomic E-state index is 0.0966. The average molecular weight is 627 g/mol. The molecule has 0 amide bonds. The second kappa shape index (κ2) is 11.5. The van der Waals surface area contributed by atoms with Gasteiger partial charge in [-0.25, -0.2) is 9.97 Å². The van der Waals surface area contributed by atoms with Gasteiger partial charge in [0.2, 0.25) is 0 Å². The summed E-state index contributed by atoms with van der Waals surface area (Å²) in [5.74, 6) is 0.713. The van der Waals surface area contributed by atoms with E-state index >= 15 is 0 Å². The van der Waals surface area contributed by atoms with Crippen molar-refractivity contribution in [1.29, 1.82) is 0 Å². The van der Waals surface area contributed by atoms with Crippen molar-refractivity contribution in [2.24, 2.45) is 0 Å². The van der Waals surface area contributed by atoms with Crippen molar-refractivity contribution in [3.05, 3.63) is 181 Å². The normalized spacial score (nSPS) is 12.9. The molecule has 8 aromatic rings. The Morgan fingerprint density at radius 3 is 1.71 bits per heavy atom. The predicted molar refractivity (Wildman–Crippen MR) is 204 cm³/mol. The van der Waals surface area contributed by atoms with Crippen LogP contribution in [0.3, 0.4) is 0 Å². The number of hydrogen-bond acceptors (Lipinski definition) is 2. The maximum absolute atomic E-state index is 5.19. The SMILES string of the molecule is CC1(C)c2cc3ccccc3cc2-c2c(-c3cccc(-c4cc(-c5ccccc5-c5ccccc5)nc(-c5ccccc5)n4)c3)cccc21. The zero-order chi connectivity index (χ0) is 33.0. The first-order valence-corrected chi connectivity index (χ1v) is 16.9. The first-order chi connectivity index (χ1) is 24.0. The third-order valence-corrected chi connectivity index (χ3v) is 10.1. The monoisotopic (exact) mass is 626 g/mol. The van der Waals surface area contributed by atoms with Crippen LogP contribution in [0.5, 0.6) is 0 Å². The van der Waals surface area contributed by atoms with Crippen LogP contribution in [0.2, 0.25) is 0 Å². The lowest BCUT2D eigenvalue weighted by atomic mass is 9.81. The van der Waals surface area contributed by atoms with Crippen LogP contribution < -0.4 is 0 Å². The molecule has 0 bridgehead atoms. The molecule has 1 aliphatic carbocycles. The zero-order valence-electron chi connectivity index (χ0n) is 27.6. The van der Waals surface area contributed by atoms with Gasteiger partial charge >= 0.3 is 0 Å². The topological polar surface area (TPSA) is 25.8 Å². The van der Waals surface area contributed by atoms with Gasteiger partial charge in [-0.1, -0.05) is 159 Å². The van der Waals surface area contributed by atoms with E-state index in [2.05, 4.69) is 166 Å². The Kier molecular flexibility index (Phi) is 6.84. The standard InChI is InChI=1S/C47H34N2/c1-47(2)41-26-14-25-38(45(41)40-28-33-19-9-10-20-34(33)29-42(40)47)35-21-13-22-36(27-35)43-30-44(49-46(48-43)32-17-7-4-8-18-32)39-24-12-11-23-37(39)31-15-5-3-6-16-31/h3-30H,1-2H3. The molecule has 0 saturated heterocycles. The van der Waals surface area contributed by atoms with Crippen LogP contribution in [-0.2, 0) is 5.41 Å². The Hall–Kier alpha value is -6.12. The van der Waals surface area contributed by atoms with E-state index < -0.39 is 0 Å². The summed E-state index contributed by atoms with van der Waals surface area (Å²) in [5, 5.41) is 2.56. The molecule has 49 heavy (non-hydrogen) atoms. The Morgan fingerprint density at radius 1 is 0.367 bits per heavy atom. The van der Waals surface area contributed by atoms with Crippen LogP contribution in [0.25, 0.3) is 78.1 Å². The van der Waals surface area contributed by atoms with Gasteiger partial charge in [0.05, 0.1) is 11.4 Å². The van der Waals surface area contributed by atoms with Crippen molar-refractivity contribution in [2.75, 3.05) is 0 Å². The van der Waals surface area contributed by atoms with E-state index in [-0.39, 0.29) is 5.41 Å². The summed E-state index contributed by atoms with van der Waals surface area (Å²) >= 11 is 0. The summed E-state index contributed by atoms with van der Waals surface area (Å²) in [7, 11) is 0. The molecule has 0 fully saturated rings. The average Bonchev–Trinajstić information content (AvgIpc) is 3.39. The van der Waals surface area contributed by atoms with Gasteiger partial charge in [-0.2, -0.15) is 0 Å². The highest BCUT2D eigenvalue weighted by molar-refractivity contribution is 5.99. The van der Waals surface area contributed by atoms with E-state index in [1.165, 1.54) is 44.2 Å². The molecule has 2 nitrogen and oxygen atoms in total. The van der Waals surface area contributed by atoms with Gasteiger partial charge in [-0.05, 0) is 79.5 Å². The number of rotatable bonds is 5. The van der Waals surface area contributed by atoms with Crippen LogP contribution in [0, 0.1) is 0 Å². The molecule has 232 valence electrons. The van der Waals surface area contributed by atoms with Gasteiger partial charge in [0.25, 0.3) is 0 Å². The van der Waals surface area contributed by atoms with Crippen LogP contribution in [0.4, 0.5) is 0 Å². The maximum Gasteiger partial charge on any atom is 0.160 e. The molecule has 0 atom stereocenters. The van der Waals surface area contributed by atoms with Crippen LogP contribution in [0.15, 0.2) is 170 Å². The third kappa shape index (κ3) is 4.96. The van der Waals surface area contributed by atoms with E-state index in [1.807, 2.05) is 18.2 Å². The lowest BCUT2D eigenvalue weighted by molar-refractivity contribution is 0.661. The molecule has 0 radical (unpaired) electrons. The molecule has 0 unspecified atom stereocenters. The Labute approximate surface area is 287 Å². The lowest BCUT2D eigenvalue weighted by Gasteiger charge is -2.22. The number of nitrogens with zero attached hydrogens (tertiary/aromatic N) is 2. The van der Waals surface area contributed by atoms with E-state index in [0.29, 0.717) is 5.82 Å². The molecular weight excluding hydrogens is 593 g/mol. The van der Waals surface area contributed by atoms with Gasteiger partial charge < -0.3 is 0 Å². The summed E-state index contributed by atoms with van der Waals surface area (Å²) < 4.78 is 0. The molecule has 1 heterocycles. The lowest BCUT2D eigenvalue weighted by Crippen LogP contribution is -2.14. The van der Waals surface area contributed by atoms with Gasteiger partial charge in [0.1, 0.15) is 0 Å². The Bertz CT molecular complexity index is 2510. The molecule has 1 aliphatic rings. The fraction of sp³-hybridized carbons (Fsp3) is 0.0638. The Balaban J connectivity index is 1.22. The molecule has 0 spiro atoms. The van der Waals surface area contributed by atoms with Gasteiger partial charge in [0, 0.05) is 22.1 Å². The molecule has 2 heteroatoms. The van der Waals surface area contributed by atoms with E-state index in [9.17, 15) is 0 Å². The fourth-order valence-electron chi connectivity index (χ4n) is 7.58. The smallest absolute Gasteiger partial charge is 0.160 e. The van der Waals surface area contributed by atoms with Crippen molar-refractivity contribution in [3.8, 4) is 67.3 Å². The van der Waals surface area contributed by atoms with E-state index in [4.69, 9.17) is 9.97 Å². The first kappa shape index (κ1) is 29.1. The minimum Gasteiger partial charge on any atom is -0.228 e. The summed E-state index contributed by atoms with van der Waals surface area (Å²) in [4.78, 5) is 10.4. The highest BCUT2D eigenvalue weighted by atomic mass is 14.9. The van der Waals surface area contributed by atoms with Crippen molar-refractivity contribution in [1.82, 2.24) is 9.97 Å². The van der Waals surface area contributed by atoms with Gasteiger partial charge in [0.15, 0.2) is 5.82 Å². The van der Waals surface area contributed by atoms with Gasteiger partial charge in [-0.15, -0.1) is 0 Å². The Morgan fingerprint density at radius 2 is 0.939 bits per heavy atom. The quantitative estimate of drug-likeness (QED) is 0.190. The highest BCUT2D eigenvalue weighted by Crippen LogP contribution is 2.53. The van der Waals surface area contributed by atoms with Gasteiger partial charge in [-0.3, -0.25) is 0 Å². The largest absolute Gasteiger partial charge is 0.228 e. The van der Waals surface area contributed by atoms with Crippen LogP contribution in [-0.4, -0.2) is 9.97 Å². The van der Waals surface area contributed by atoms with Crippen molar-refractivity contribution in [2.45, 2.75) is 19.3 Å². The first-order valence-electron chi connectivity index (χ1n) is 16.9. The minimum atomic E-state index is -0.0966. The maximum atomic E-state index is 5.19. The zero-order valence-corrected chi connectivity index (χ0v) is 27.6. The summed E-state index contributed by atoms with van der Waals surface area (Å²) in [6, 6.07) is 60.6. The molecule has 0 N–H and O–H groups in total. The number of fused-ring (bicyclic) bond motifs is 4. The van der Waals surface area contributed by atoms with Crippen molar-refractivity contribution in [3.63, 3.8) is 0 Å². The highest BCUT2D eigenvalue weighted by Gasteiger charge is 2.37.